The average Bonchev–Trinajstić information content (AvgIpc) is 2.41. The molecular weight excluding hydrogens is 306 g/mol. The van der Waals surface area contributed by atoms with Crippen molar-refractivity contribution in [1.29, 1.82) is 0 Å². The third kappa shape index (κ3) is 5.32. The fourth-order valence-electron chi connectivity index (χ4n) is 1.62. The molecule has 0 bridgehead atoms. The predicted molar refractivity (Wildman–Crippen MR) is 84.8 cm³/mol. The molecule has 19 heavy (non-hydrogen) atoms. The van der Waals surface area contributed by atoms with Gasteiger partial charge in [-0.25, -0.2) is 4.98 Å². The van der Waals surface area contributed by atoms with Gasteiger partial charge in [-0.15, -0.1) is 0 Å². The van der Waals surface area contributed by atoms with E-state index in [2.05, 4.69) is 62.3 Å². The summed E-state index contributed by atoms with van der Waals surface area (Å²) in [5, 5.41) is 6.45. The molecule has 0 amide bonds. The monoisotopic (exact) mass is 329 g/mol. The van der Waals surface area contributed by atoms with Crippen molar-refractivity contribution in [2.24, 2.45) is 0 Å². The first-order valence-electron chi connectivity index (χ1n) is 6.79. The van der Waals surface area contributed by atoms with Gasteiger partial charge in [0.2, 0.25) is 5.95 Å². The fourth-order valence-corrected chi connectivity index (χ4v) is 1.95. The number of likely N-dealkylation sites (N-methyl/N-ethyl adjacent to an activating group) is 1. The summed E-state index contributed by atoms with van der Waals surface area (Å²) in [6.07, 6.45) is 2.93. The van der Waals surface area contributed by atoms with E-state index < -0.39 is 0 Å². The van der Waals surface area contributed by atoms with Crippen molar-refractivity contribution in [1.82, 2.24) is 14.9 Å². The summed E-state index contributed by atoms with van der Waals surface area (Å²) in [6.45, 7) is 9.14. The molecular formula is C13H24BrN5. The first kappa shape index (κ1) is 16.2. The third-order valence-corrected chi connectivity index (χ3v) is 3.76. The van der Waals surface area contributed by atoms with Crippen molar-refractivity contribution in [3.63, 3.8) is 0 Å². The van der Waals surface area contributed by atoms with Gasteiger partial charge in [0, 0.05) is 31.9 Å². The second-order valence-corrected chi connectivity index (χ2v) is 5.44. The molecule has 0 aliphatic heterocycles. The molecule has 1 rings (SSSR count). The quantitative estimate of drug-likeness (QED) is 0.768. The van der Waals surface area contributed by atoms with Crippen LogP contribution in [0.2, 0.25) is 0 Å². The SMILES string of the molecule is CCNc1ncc(Br)c(NCCN(C)C(C)CC)n1. The first-order chi connectivity index (χ1) is 9.08. The van der Waals surface area contributed by atoms with Gasteiger partial charge < -0.3 is 15.5 Å². The van der Waals surface area contributed by atoms with Gasteiger partial charge in [0.25, 0.3) is 0 Å². The van der Waals surface area contributed by atoms with Crippen LogP contribution in [0.5, 0.6) is 0 Å². The van der Waals surface area contributed by atoms with Crippen LogP contribution in [-0.4, -0.2) is 47.6 Å². The van der Waals surface area contributed by atoms with E-state index in [4.69, 9.17) is 0 Å². The highest BCUT2D eigenvalue weighted by molar-refractivity contribution is 9.10. The van der Waals surface area contributed by atoms with Gasteiger partial charge in [-0.05, 0) is 43.2 Å². The molecule has 0 spiro atoms. The van der Waals surface area contributed by atoms with E-state index in [9.17, 15) is 0 Å². The molecule has 1 aromatic rings. The summed E-state index contributed by atoms with van der Waals surface area (Å²) in [7, 11) is 2.15. The normalized spacial score (nSPS) is 12.5. The Morgan fingerprint density at radius 2 is 2.11 bits per heavy atom. The van der Waals surface area contributed by atoms with Gasteiger partial charge in [-0.1, -0.05) is 6.92 Å². The van der Waals surface area contributed by atoms with Gasteiger partial charge >= 0.3 is 0 Å². The van der Waals surface area contributed by atoms with Crippen molar-refractivity contribution in [3.05, 3.63) is 10.7 Å². The van der Waals surface area contributed by atoms with Crippen LogP contribution in [0.3, 0.4) is 0 Å². The van der Waals surface area contributed by atoms with Crippen molar-refractivity contribution in [3.8, 4) is 0 Å². The Kier molecular flexibility index (Phi) is 7.09. The van der Waals surface area contributed by atoms with Crippen LogP contribution in [0.15, 0.2) is 10.7 Å². The Morgan fingerprint density at radius 1 is 1.37 bits per heavy atom. The van der Waals surface area contributed by atoms with E-state index in [0.29, 0.717) is 12.0 Å². The molecule has 0 aromatic carbocycles. The second-order valence-electron chi connectivity index (χ2n) is 4.59. The van der Waals surface area contributed by atoms with Crippen molar-refractivity contribution < 1.29 is 0 Å². The first-order valence-corrected chi connectivity index (χ1v) is 7.58. The van der Waals surface area contributed by atoms with Crippen molar-refractivity contribution in [2.75, 3.05) is 37.3 Å². The van der Waals surface area contributed by atoms with Gasteiger partial charge in [-0.3, -0.25) is 0 Å². The van der Waals surface area contributed by atoms with Gasteiger partial charge in [0.05, 0.1) is 4.47 Å². The fraction of sp³-hybridized carbons (Fsp3) is 0.692. The summed E-state index contributed by atoms with van der Waals surface area (Å²) in [5.74, 6) is 1.49. The Bertz CT molecular complexity index is 385. The van der Waals surface area contributed by atoms with Crippen LogP contribution < -0.4 is 10.6 Å². The molecule has 6 heteroatoms. The maximum atomic E-state index is 4.43. The zero-order valence-electron chi connectivity index (χ0n) is 12.2. The van der Waals surface area contributed by atoms with E-state index >= 15 is 0 Å². The number of aromatic nitrogens is 2. The van der Waals surface area contributed by atoms with Crippen LogP contribution in [0.4, 0.5) is 11.8 Å². The highest BCUT2D eigenvalue weighted by Crippen LogP contribution is 2.19. The Balaban J connectivity index is 2.50. The van der Waals surface area contributed by atoms with Crippen molar-refractivity contribution in [2.45, 2.75) is 33.2 Å². The number of hydrogen-bond acceptors (Lipinski definition) is 5. The molecule has 1 unspecified atom stereocenters. The van der Waals surface area contributed by atoms with Crippen LogP contribution in [0.25, 0.3) is 0 Å². The molecule has 2 N–H and O–H groups in total. The summed E-state index contributed by atoms with van der Waals surface area (Å²) >= 11 is 3.46. The van der Waals surface area contributed by atoms with Crippen LogP contribution in [0.1, 0.15) is 27.2 Å². The number of halogens is 1. The molecule has 0 aliphatic rings. The van der Waals surface area contributed by atoms with E-state index in [0.717, 1.165) is 36.3 Å². The Labute approximate surface area is 124 Å². The number of rotatable bonds is 8. The highest BCUT2D eigenvalue weighted by Gasteiger charge is 2.07. The Morgan fingerprint density at radius 3 is 2.74 bits per heavy atom. The molecule has 0 aliphatic carbocycles. The minimum Gasteiger partial charge on any atom is -0.368 e. The summed E-state index contributed by atoms with van der Waals surface area (Å²) in [6, 6.07) is 0.605. The lowest BCUT2D eigenvalue weighted by molar-refractivity contribution is 0.261. The lowest BCUT2D eigenvalue weighted by Gasteiger charge is -2.23. The molecule has 0 saturated heterocycles. The number of nitrogens with zero attached hydrogens (tertiary/aromatic N) is 3. The summed E-state index contributed by atoms with van der Waals surface area (Å²) in [4.78, 5) is 11.0. The molecule has 0 radical (unpaired) electrons. The van der Waals surface area contributed by atoms with E-state index in [-0.39, 0.29) is 0 Å². The predicted octanol–water partition coefficient (Wildman–Crippen LogP) is 2.81. The molecule has 108 valence electrons. The van der Waals surface area contributed by atoms with Gasteiger partial charge in [0.1, 0.15) is 5.82 Å². The summed E-state index contributed by atoms with van der Waals surface area (Å²) < 4.78 is 0.889. The molecule has 1 heterocycles. The number of anilines is 2. The van der Waals surface area contributed by atoms with E-state index in [1.807, 2.05) is 6.92 Å². The zero-order chi connectivity index (χ0) is 14.3. The maximum Gasteiger partial charge on any atom is 0.224 e. The highest BCUT2D eigenvalue weighted by atomic mass is 79.9. The van der Waals surface area contributed by atoms with Gasteiger partial charge in [-0.2, -0.15) is 4.98 Å². The van der Waals surface area contributed by atoms with Gasteiger partial charge in [0.15, 0.2) is 0 Å². The minimum atomic E-state index is 0.605. The standard InChI is InChI=1S/C13H24BrN5/c1-5-10(3)19(4)8-7-16-12-11(14)9-17-13(18-12)15-6-2/h9-10H,5-8H2,1-4H3,(H2,15,16,17,18). The minimum absolute atomic E-state index is 0.605. The maximum absolute atomic E-state index is 4.43. The largest absolute Gasteiger partial charge is 0.368 e. The molecule has 1 aromatic heterocycles. The topological polar surface area (TPSA) is 53.1 Å². The molecule has 5 nitrogen and oxygen atoms in total. The number of hydrogen-bond donors (Lipinski definition) is 2. The van der Waals surface area contributed by atoms with Crippen LogP contribution in [-0.2, 0) is 0 Å². The second kappa shape index (κ2) is 8.32. The molecule has 0 fully saturated rings. The number of nitrogens with one attached hydrogen (secondary N) is 2. The van der Waals surface area contributed by atoms with E-state index in [1.165, 1.54) is 0 Å². The van der Waals surface area contributed by atoms with Crippen molar-refractivity contribution >= 4 is 27.7 Å². The van der Waals surface area contributed by atoms with E-state index in [1.54, 1.807) is 6.20 Å². The van der Waals surface area contributed by atoms with Crippen LogP contribution in [0, 0.1) is 0 Å². The molecule has 1 atom stereocenters. The lowest BCUT2D eigenvalue weighted by Crippen LogP contribution is -2.32. The lowest BCUT2D eigenvalue weighted by atomic mass is 10.2. The Hall–Kier alpha value is -0.880. The van der Waals surface area contributed by atoms with Crippen LogP contribution >= 0.6 is 15.9 Å². The summed E-state index contributed by atoms with van der Waals surface area (Å²) in [5.41, 5.74) is 0. The average molecular weight is 330 g/mol. The zero-order valence-corrected chi connectivity index (χ0v) is 13.8. The molecule has 0 saturated carbocycles. The smallest absolute Gasteiger partial charge is 0.224 e. The third-order valence-electron chi connectivity index (χ3n) is 3.18.